The standard InChI is InChI=1S/C29H35ClN2OS/c1-4-5-6-7-8-14-24-20-34-29(27(24)30)26-19-32(3)18-25(28(26)33)23-15-10-13-22(16-23)12-9-11-21(2)17-31/h10,13,15-16,18-21H,4-9,11-12,14H2,1-3H3. The molecule has 0 bridgehead atoms. The van der Waals surface area contributed by atoms with E-state index in [1.807, 2.05) is 43.1 Å². The minimum Gasteiger partial charge on any atom is -0.356 e. The van der Waals surface area contributed by atoms with Crippen LogP contribution in [0.4, 0.5) is 0 Å². The number of aryl methyl sites for hydroxylation is 3. The topological polar surface area (TPSA) is 45.8 Å². The third-order valence-electron chi connectivity index (χ3n) is 6.31. The van der Waals surface area contributed by atoms with Crippen LogP contribution in [-0.2, 0) is 19.9 Å². The molecule has 1 unspecified atom stereocenters. The highest BCUT2D eigenvalue weighted by Gasteiger charge is 2.17. The summed E-state index contributed by atoms with van der Waals surface area (Å²) in [4.78, 5) is 14.4. The van der Waals surface area contributed by atoms with Crippen LogP contribution in [0.2, 0.25) is 5.02 Å². The van der Waals surface area contributed by atoms with Crippen molar-refractivity contribution in [1.82, 2.24) is 4.57 Å². The lowest BCUT2D eigenvalue weighted by atomic mass is 9.98. The minimum absolute atomic E-state index is 0.0200. The van der Waals surface area contributed by atoms with Gasteiger partial charge < -0.3 is 4.57 Å². The van der Waals surface area contributed by atoms with Gasteiger partial charge in [0.15, 0.2) is 5.43 Å². The molecule has 0 aliphatic heterocycles. The Kier molecular flexibility index (Phi) is 9.99. The Balaban J connectivity index is 1.83. The molecule has 5 heteroatoms. The van der Waals surface area contributed by atoms with Crippen molar-refractivity contribution in [3.63, 3.8) is 0 Å². The summed E-state index contributed by atoms with van der Waals surface area (Å²) in [6, 6.07) is 10.5. The van der Waals surface area contributed by atoms with E-state index in [2.05, 4.69) is 30.5 Å². The summed E-state index contributed by atoms with van der Waals surface area (Å²) in [5.74, 6) is 0.0731. The number of rotatable bonds is 12. The summed E-state index contributed by atoms with van der Waals surface area (Å²) < 4.78 is 1.95. The van der Waals surface area contributed by atoms with Crippen LogP contribution in [0.3, 0.4) is 0 Å². The highest BCUT2D eigenvalue weighted by atomic mass is 35.5. The fourth-order valence-electron chi connectivity index (χ4n) is 4.29. The normalized spacial score (nSPS) is 12.0. The molecule has 0 N–H and O–H groups in total. The van der Waals surface area contributed by atoms with Crippen molar-refractivity contribution in [1.29, 1.82) is 5.26 Å². The van der Waals surface area contributed by atoms with Gasteiger partial charge in [0.05, 0.1) is 21.5 Å². The van der Waals surface area contributed by atoms with Crippen LogP contribution >= 0.6 is 22.9 Å². The molecular formula is C29H35ClN2OS. The zero-order valence-corrected chi connectivity index (χ0v) is 22.1. The van der Waals surface area contributed by atoms with Gasteiger partial charge in [-0.2, -0.15) is 5.26 Å². The van der Waals surface area contributed by atoms with Crippen LogP contribution in [0, 0.1) is 17.2 Å². The molecule has 0 amide bonds. The fourth-order valence-corrected chi connectivity index (χ4v) is 5.75. The first-order chi connectivity index (χ1) is 16.4. The van der Waals surface area contributed by atoms with Crippen molar-refractivity contribution in [3.05, 3.63) is 68.4 Å². The molecule has 3 nitrogen and oxygen atoms in total. The lowest BCUT2D eigenvalue weighted by molar-refractivity contribution is 0.617. The molecule has 0 fully saturated rings. The Labute approximate surface area is 213 Å². The van der Waals surface area contributed by atoms with Gasteiger partial charge in [0.2, 0.25) is 0 Å². The molecule has 2 heterocycles. The SMILES string of the molecule is CCCCCCCc1csc(-c2cn(C)cc(-c3cccc(CCCC(C)C#N)c3)c2=O)c1Cl. The Hall–Kier alpha value is -2.35. The second kappa shape index (κ2) is 12.9. The number of hydrogen-bond donors (Lipinski definition) is 0. The number of unbranched alkanes of at least 4 members (excludes halogenated alkanes) is 4. The second-order valence-electron chi connectivity index (χ2n) is 9.27. The summed E-state index contributed by atoms with van der Waals surface area (Å²) in [5, 5.41) is 11.8. The number of thiophene rings is 1. The van der Waals surface area contributed by atoms with Gasteiger partial charge in [-0.15, -0.1) is 11.3 Å². The number of pyridine rings is 1. The molecule has 3 rings (SSSR count). The number of nitrogens with zero attached hydrogens (tertiary/aromatic N) is 2. The molecular weight excluding hydrogens is 460 g/mol. The van der Waals surface area contributed by atoms with Gasteiger partial charge >= 0.3 is 0 Å². The van der Waals surface area contributed by atoms with Crippen molar-refractivity contribution in [3.8, 4) is 27.6 Å². The van der Waals surface area contributed by atoms with Gasteiger partial charge in [0.25, 0.3) is 0 Å². The number of halogens is 1. The predicted molar refractivity (Wildman–Crippen MR) is 146 cm³/mol. The molecule has 0 saturated carbocycles. The van der Waals surface area contributed by atoms with Crippen molar-refractivity contribution in [2.45, 2.75) is 71.6 Å². The number of aromatic nitrogens is 1. The van der Waals surface area contributed by atoms with E-state index < -0.39 is 0 Å². The van der Waals surface area contributed by atoms with Gasteiger partial charge in [-0.3, -0.25) is 4.79 Å². The third kappa shape index (κ3) is 6.84. The van der Waals surface area contributed by atoms with Crippen molar-refractivity contribution in [2.75, 3.05) is 0 Å². The maximum atomic E-state index is 13.6. The number of hydrogen-bond acceptors (Lipinski definition) is 3. The summed E-state index contributed by atoms with van der Waals surface area (Å²) in [5.41, 5.74) is 4.65. The molecule has 0 saturated heterocycles. The van der Waals surface area contributed by atoms with E-state index in [1.54, 1.807) is 11.3 Å². The predicted octanol–water partition coefficient (Wildman–Crippen LogP) is 8.43. The Bertz CT molecular complexity index is 1190. The fraction of sp³-hybridized carbons (Fsp3) is 0.448. The first kappa shape index (κ1) is 26.3. The average Bonchev–Trinajstić information content (AvgIpc) is 3.20. The summed E-state index contributed by atoms with van der Waals surface area (Å²) >= 11 is 8.35. The zero-order chi connectivity index (χ0) is 24.5. The Morgan fingerprint density at radius 3 is 2.62 bits per heavy atom. The number of benzene rings is 1. The van der Waals surface area contributed by atoms with E-state index in [4.69, 9.17) is 16.9 Å². The average molecular weight is 495 g/mol. The van der Waals surface area contributed by atoms with Crippen LogP contribution in [0.25, 0.3) is 21.6 Å². The number of nitriles is 1. The Morgan fingerprint density at radius 2 is 1.85 bits per heavy atom. The van der Waals surface area contributed by atoms with E-state index in [0.717, 1.165) is 53.1 Å². The van der Waals surface area contributed by atoms with E-state index in [-0.39, 0.29) is 11.3 Å². The lowest BCUT2D eigenvalue weighted by Crippen LogP contribution is -2.11. The van der Waals surface area contributed by atoms with Gasteiger partial charge in [-0.05, 0) is 61.1 Å². The molecule has 1 atom stereocenters. The van der Waals surface area contributed by atoms with Gasteiger partial charge in [-0.1, -0.05) is 68.5 Å². The van der Waals surface area contributed by atoms with Gasteiger partial charge in [0, 0.05) is 30.9 Å². The molecule has 0 aliphatic rings. The van der Waals surface area contributed by atoms with E-state index in [9.17, 15) is 4.79 Å². The maximum Gasteiger partial charge on any atom is 0.198 e. The molecule has 0 spiro atoms. The van der Waals surface area contributed by atoms with E-state index in [1.165, 1.54) is 31.2 Å². The summed E-state index contributed by atoms with van der Waals surface area (Å²) in [6.45, 7) is 4.18. The Morgan fingerprint density at radius 1 is 1.09 bits per heavy atom. The maximum absolute atomic E-state index is 13.6. The molecule has 180 valence electrons. The highest BCUT2D eigenvalue weighted by Crippen LogP contribution is 2.37. The van der Waals surface area contributed by atoms with Crippen molar-refractivity contribution in [2.24, 2.45) is 13.0 Å². The van der Waals surface area contributed by atoms with Crippen LogP contribution in [-0.4, -0.2) is 4.57 Å². The summed E-state index contributed by atoms with van der Waals surface area (Å²) in [6.07, 6.45) is 13.6. The smallest absolute Gasteiger partial charge is 0.198 e. The molecule has 34 heavy (non-hydrogen) atoms. The molecule has 0 radical (unpaired) electrons. The third-order valence-corrected chi connectivity index (χ3v) is 7.92. The van der Waals surface area contributed by atoms with Crippen LogP contribution in [0.15, 0.2) is 46.8 Å². The van der Waals surface area contributed by atoms with Gasteiger partial charge in [0.1, 0.15) is 0 Å². The molecule has 1 aromatic carbocycles. The molecule has 2 aromatic heterocycles. The van der Waals surface area contributed by atoms with E-state index in [0.29, 0.717) is 11.1 Å². The first-order valence-corrected chi connectivity index (χ1v) is 13.7. The van der Waals surface area contributed by atoms with E-state index >= 15 is 0 Å². The largest absolute Gasteiger partial charge is 0.356 e. The highest BCUT2D eigenvalue weighted by molar-refractivity contribution is 7.14. The molecule has 0 aliphatic carbocycles. The molecule has 3 aromatic rings. The second-order valence-corrected chi connectivity index (χ2v) is 10.5. The van der Waals surface area contributed by atoms with Crippen LogP contribution in [0.5, 0.6) is 0 Å². The zero-order valence-electron chi connectivity index (χ0n) is 20.6. The van der Waals surface area contributed by atoms with Crippen LogP contribution < -0.4 is 5.43 Å². The van der Waals surface area contributed by atoms with Crippen molar-refractivity contribution >= 4 is 22.9 Å². The summed E-state index contributed by atoms with van der Waals surface area (Å²) in [7, 11) is 1.95. The first-order valence-electron chi connectivity index (χ1n) is 12.4. The minimum atomic E-state index is 0.0200. The van der Waals surface area contributed by atoms with Gasteiger partial charge in [-0.25, -0.2) is 0 Å². The quantitative estimate of drug-likeness (QED) is 0.237. The lowest BCUT2D eigenvalue weighted by Gasteiger charge is -2.10. The van der Waals surface area contributed by atoms with Crippen LogP contribution in [0.1, 0.15) is 69.9 Å². The monoisotopic (exact) mass is 494 g/mol. The van der Waals surface area contributed by atoms with Crippen molar-refractivity contribution < 1.29 is 0 Å².